The Bertz CT molecular complexity index is 1260. The molecule has 1 N–H and O–H groups in total. The first-order chi connectivity index (χ1) is 17.8. The highest BCUT2D eigenvalue weighted by molar-refractivity contribution is 8.18. The van der Waals surface area contributed by atoms with E-state index in [1.165, 1.54) is 50.3 Å². The van der Waals surface area contributed by atoms with Crippen LogP contribution in [0.1, 0.15) is 36.0 Å². The minimum atomic E-state index is -4.71. The second-order valence-corrected chi connectivity index (χ2v) is 9.53. The van der Waals surface area contributed by atoms with Crippen LogP contribution in [0.3, 0.4) is 0 Å². The third kappa shape index (κ3) is 6.84. The fourth-order valence-corrected chi connectivity index (χ4v) is 4.87. The molecule has 11 heteroatoms. The van der Waals surface area contributed by atoms with Crippen molar-refractivity contribution in [2.45, 2.75) is 25.4 Å². The number of methoxy groups -OCH3 is 1. The van der Waals surface area contributed by atoms with Crippen LogP contribution >= 0.6 is 11.8 Å². The number of thioether (sulfide) groups is 1. The number of carbonyl (C=O) groups excluding carboxylic acids is 1. The number of nitrogens with zero attached hydrogens (tertiary/aromatic N) is 3. The fraction of sp³-hybridized carbons (Fsp3) is 0.346. The molecular formula is C26H25F3N4O3S. The first kappa shape index (κ1) is 26.6. The van der Waals surface area contributed by atoms with Crippen molar-refractivity contribution in [3.8, 4) is 23.3 Å². The highest BCUT2D eigenvalue weighted by Crippen LogP contribution is 2.41. The van der Waals surface area contributed by atoms with Crippen LogP contribution in [-0.2, 0) is 11.0 Å². The van der Waals surface area contributed by atoms with Gasteiger partial charge in [0.25, 0.3) is 5.91 Å². The lowest BCUT2D eigenvalue weighted by molar-refractivity contribution is -0.138. The Kier molecular flexibility index (Phi) is 8.41. The number of ether oxygens (including phenoxy) is 2. The van der Waals surface area contributed by atoms with E-state index in [1.807, 2.05) is 0 Å². The lowest BCUT2D eigenvalue weighted by Gasteiger charge is -2.26. The van der Waals surface area contributed by atoms with E-state index < -0.39 is 17.5 Å². The van der Waals surface area contributed by atoms with Gasteiger partial charge >= 0.3 is 6.18 Å². The van der Waals surface area contributed by atoms with E-state index in [9.17, 15) is 18.0 Å². The number of amidine groups is 1. The minimum Gasteiger partial charge on any atom is -0.493 e. The largest absolute Gasteiger partial charge is 0.493 e. The van der Waals surface area contributed by atoms with Crippen molar-refractivity contribution < 1.29 is 27.4 Å². The van der Waals surface area contributed by atoms with Crippen LogP contribution in [0.2, 0.25) is 0 Å². The van der Waals surface area contributed by atoms with E-state index in [0.717, 1.165) is 31.8 Å². The highest BCUT2D eigenvalue weighted by atomic mass is 32.2. The zero-order valence-corrected chi connectivity index (χ0v) is 20.9. The number of piperidine rings is 1. The Labute approximate surface area is 217 Å². The van der Waals surface area contributed by atoms with E-state index in [4.69, 9.17) is 14.7 Å². The summed E-state index contributed by atoms with van der Waals surface area (Å²) in [4.78, 5) is 19.3. The van der Waals surface area contributed by atoms with Crippen molar-refractivity contribution in [3.05, 3.63) is 58.0 Å². The average molecular weight is 531 g/mol. The number of carbonyl (C=O) groups is 1. The van der Waals surface area contributed by atoms with Gasteiger partial charge in [-0.05, 0) is 79.7 Å². The second kappa shape index (κ2) is 11.7. The summed E-state index contributed by atoms with van der Waals surface area (Å²) in [6.07, 6.45) is 0.637. The smallest absolute Gasteiger partial charge is 0.420 e. The molecule has 0 atom stereocenters. The topological polar surface area (TPSA) is 86.9 Å². The number of nitrogens with one attached hydrogen (secondary N) is 1. The Morgan fingerprint density at radius 1 is 1.14 bits per heavy atom. The van der Waals surface area contributed by atoms with Gasteiger partial charge in [-0.2, -0.15) is 23.4 Å². The molecule has 1 fully saturated rings. The summed E-state index contributed by atoms with van der Waals surface area (Å²) < 4.78 is 51.4. The van der Waals surface area contributed by atoms with E-state index in [2.05, 4.69) is 15.2 Å². The maximum absolute atomic E-state index is 13.5. The Balaban J connectivity index is 1.44. The summed E-state index contributed by atoms with van der Waals surface area (Å²) in [7, 11) is 1.37. The molecule has 0 spiro atoms. The van der Waals surface area contributed by atoms with Gasteiger partial charge < -0.3 is 19.7 Å². The van der Waals surface area contributed by atoms with Crippen LogP contribution in [0.5, 0.6) is 17.2 Å². The van der Waals surface area contributed by atoms with Gasteiger partial charge in [0.05, 0.1) is 29.2 Å². The van der Waals surface area contributed by atoms with Crippen molar-refractivity contribution in [2.24, 2.45) is 4.99 Å². The Morgan fingerprint density at radius 3 is 2.59 bits per heavy atom. The number of halogens is 3. The van der Waals surface area contributed by atoms with Crippen molar-refractivity contribution in [2.75, 3.05) is 33.3 Å². The normalized spacial score (nSPS) is 17.4. The summed E-state index contributed by atoms with van der Waals surface area (Å²) in [6.45, 7) is 3.77. The van der Waals surface area contributed by atoms with Gasteiger partial charge in [-0.15, -0.1) is 0 Å². The zero-order valence-electron chi connectivity index (χ0n) is 20.1. The molecule has 7 nitrogen and oxygen atoms in total. The van der Waals surface area contributed by atoms with E-state index in [0.29, 0.717) is 22.2 Å². The molecule has 1 amide bonds. The third-order valence-electron chi connectivity index (χ3n) is 5.89. The highest BCUT2D eigenvalue weighted by Gasteiger charge is 2.35. The lowest BCUT2D eigenvalue weighted by Crippen LogP contribution is -2.36. The molecule has 194 valence electrons. The number of aliphatic imine (C=N–C) groups is 1. The molecule has 1 saturated heterocycles. The number of hydrogen-bond donors (Lipinski definition) is 1. The van der Waals surface area contributed by atoms with Crippen molar-refractivity contribution in [3.63, 3.8) is 0 Å². The fourth-order valence-electron chi connectivity index (χ4n) is 4.03. The second-order valence-electron chi connectivity index (χ2n) is 8.49. The summed E-state index contributed by atoms with van der Waals surface area (Å²) in [5.41, 5.74) is -0.596. The summed E-state index contributed by atoms with van der Waals surface area (Å²) in [5, 5.41) is 12.7. The van der Waals surface area contributed by atoms with Crippen LogP contribution in [-0.4, -0.2) is 49.3 Å². The quantitative estimate of drug-likeness (QED) is 0.478. The SMILES string of the molecule is COc1cc(/C=C2/SC(NCCN3CCCCC3)=NC2=O)ccc1Oc1ccc(C#N)cc1C(F)(F)F. The third-order valence-corrected chi connectivity index (χ3v) is 6.83. The van der Waals surface area contributed by atoms with Gasteiger partial charge in [-0.1, -0.05) is 12.5 Å². The Morgan fingerprint density at radius 2 is 1.89 bits per heavy atom. The molecule has 2 aromatic rings. The first-order valence-corrected chi connectivity index (χ1v) is 12.5. The molecule has 2 aliphatic heterocycles. The van der Waals surface area contributed by atoms with Gasteiger partial charge in [0.15, 0.2) is 16.7 Å². The van der Waals surface area contributed by atoms with Gasteiger partial charge in [0, 0.05) is 13.1 Å². The van der Waals surface area contributed by atoms with E-state index in [1.54, 1.807) is 24.3 Å². The molecule has 0 radical (unpaired) electrons. The number of likely N-dealkylation sites (tertiary alicyclic amines) is 1. The van der Waals surface area contributed by atoms with Crippen molar-refractivity contribution >= 4 is 28.9 Å². The van der Waals surface area contributed by atoms with Crippen molar-refractivity contribution in [1.29, 1.82) is 5.26 Å². The summed E-state index contributed by atoms with van der Waals surface area (Å²) >= 11 is 1.24. The van der Waals surface area contributed by atoms with Gasteiger partial charge in [-0.3, -0.25) is 4.79 Å². The number of alkyl halides is 3. The standard InChI is InChI=1S/C26H25F3N4O3S/c1-35-22-14-17(5-8-21(22)36-20-7-6-18(16-30)13-19(20)26(27,28)29)15-23-24(34)32-25(37-23)31-9-12-33-10-3-2-4-11-33/h5-8,13-15H,2-4,9-12H2,1H3,(H,31,32,34)/b23-15+. The van der Waals surface area contributed by atoms with Crippen LogP contribution in [0.15, 0.2) is 46.3 Å². The van der Waals surface area contributed by atoms with Gasteiger partial charge in [0.2, 0.25) is 0 Å². The molecule has 4 rings (SSSR count). The average Bonchev–Trinajstić information content (AvgIpc) is 3.23. The predicted octanol–water partition coefficient (Wildman–Crippen LogP) is 5.42. The monoisotopic (exact) mass is 530 g/mol. The Hall–Kier alpha value is -3.49. The van der Waals surface area contributed by atoms with E-state index >= 15 is 0 Å². The number of benzene rings is 2. The predicted molar refractivity (Wildman–Crippen MR) is 136 cm³/mol. The molecular weight excluding hydrogens is 505 g/mol. The van der Waals surface area contributed by atoms with Crippen LogP contribution in [0, 0.1) is 11.3 Å². The van der Waals surface area contributed by atoms with Crippen LogP contribution in [0.25, 0.3) is 6.08 Å². The molecule has 0 saturated carbocycles. The number of hydrogen-bond acceptors (Lipinski definition) is 7. The van der Waals surface area contributed by atoms with Gasteiger partial charge in [0.1, 0.15) is 5.75 Å². The number of rotatable bonds is 7. The lowest BCUT2D eigenvalue weighted by atomic mass is 10.1. The summed E-state index contributed by atoms with van der Waals surface area (Å²) in [5.74, 6) is -0.576. The molecule has 0 bridgehead atoms. The number of amides is 1. The van der Waals surface area contributed by atoms with E-state index in [-0.39, 0.29) is 23.0 Å². The maximum Gasteiger partial charge on any atom is 0.420 e. The molecule has 2 aromatic carbocycles. The maximum atomic E-state index is 13.5. The van der Waals surface area contributed by atoms with Crippen molar-refractivity contribution in [1.82, 2.24) is 10.2 Å². The molecule has 2 aliphatic rings. The van der Waals surface area contributed by atoms with Crippen LogP contribution in [0.4, 0.5) is 13.2 Å². The van der Waals surface area contributed by atoms with Crippen LogP contribution < -0.4 is 14.8 Å². The molecule has 2 heterocycles. The van der Waals surface area contributed by atoms with Gasteiger partial charge in [-0.25, -0.2) is 0 Å². The molecule has 37 heavy (non-hydrogen) atoms. The summed E-state index contributed by atoms with van der Waals surface area (Å²) in [6, 6.07) is 9.42. The molecule has 0 aliphatic carbocycles. The zero-order chi connectivity index (χ0) is 26.4. The number of nitriles is 1. The minimum absolute atomic E-state index is 0.0570. The molecule has 0 unspecified atom stereocenters. The molecule has 0 aromatic heterocycles. The first-order valence-electron chi connectivity index (χ1n) is 11.7.